The lowest BCUT2D eigenvalue weighted by Crippen LogP contribution is -2.29. The van der Waals surface area contributed by atoms with Crippen LogP contribution in [0.15, 0.2) is 10.9 Å². The van der Waals surface area contributed by atoms with Gasteiger partial charge in [-0.25, -0.2) is 4.68 Å². The van der Waals surface area contributed by atoms with Crippen molar-refractivity contribution in [2.45, 2.75) is 27.3 Å². The predicted molar refractivity (Wildman–Crippen MR) is 60.8 cm³/mol. The van der Waals surface area contributed by atoms with Crippen molar-refractivity contribution in [3.8, 4) is 0 Å². The van der Waals surface area contributed by atoms with E-state index >= 15 is 0 Å². The summed E-state index contributed by atoms with van der Waals surface area (Å²) in [5.74, 6) is 0.594. The molecular weight excluding hydrogens is 190 g/mol. The molecule has 0 radical (unpaired) electrons. The fraction of sp³-hybridized carbons (Fsp3) is 0.636. The van der Waals surface area contributed by atoms with Crippen LogP contribution >= 0.6 is 0 Å². The smallest absolute Gasteiger partial charge is 0.270 e. The Hall–Kier alpha value is -1.16. The van der Waals surface area contributed by atoms with Gasteiger partial charge in [0.15, 0.2) is 0 Å². The molecule has 0 amide bonds. The van der Waals surface area contributed by atoms with E-state index in [9.17, 15) is 4.79 Å². The highest BCUT2D eigenvalue weighted by Crippen LogP contribution is 1.95. The topological polar surface area (TPSA) is 46.9 Å². The number of aromatic nitrogens is 2. The Morgan fingerprint density at radius 1 is 1.53 bits per heavy atom. The number of nitrogens with zero attached hydrogens (tertiary/aromatic N) is 2. The third-order valence-corrected chi connectivity index (χ3v) is 2.13. The standard InChI is InChI=1S/C11H19N3O/c1-8(2)6-12-7-10-5-9(3)13-14(4)11(10)15/h5,8,12H,6-7H2,1-4H3. The first kappa shape index (κ1) is 11.9. The minimum Gasteiger partial charge on any atom is -0.312 e. The summed E-state index contributed by atoms with van der Waals surface area (Å²) in [6.07, 6.45) is 0. The van der Waals surface area contributed by atoms with Gasteiger partial charge in [0.25, 0.3) is 5.56 Å². The van der Waals surface area contributed by atoms with Crippen molar-refractivity contribution < 1.29 is 0 Å². The molecule has 0 aromatic carbocycles. The highest BCUT2D eigenvalue weighted by atomic mass is 16.1. The molecule has 0 unspecified atom stereocenters. The summed E-state index contributed by atoms with van der Waals surface area (Å²) in [4.78, 5) is 11.7. The zero-order valence-electron chi connectivity index (χ0n) is 9.87. The van der Waals surface area contributed by atoms with Gasteiger partial charge in [0, 0.05) is 19.2 Å². The van der Waals surface area contributed by atoms with E-state index in [1.165, 1.54) is 4.68 Å². The van der Waals surface area contributed by atoms with Crippen molar-refractivity contribution in [3.05, 3.63) is 27.7 Å². The van der Waals surface area contributed by atoms with E-state index < -0.39 is 0 Å². The molecule has 0 bridgehead atoms. The van der Waals surface area contributed by atoms with Crippen molar-refractivity contribution in [1.29, 1.82) is 0 Å². The second kappa shape index (κ2) is 5.07. The first-order valence-electron chi connectivity index (χ1n) is 5.25. The van der Waals surface area contributed by atoms with Crippen LogP contribution < -0.4 is 10.9 Å². The number of hydrogen-bond donors (Lipinski definition) is 1. The Labute approximate surface area is 90.3 Å². The zero-order chi connectivity index (χ0) is 11.4. The number of aryl methyl sites for hydroxylation is 2. The summed E-state index contributed by atoms with van der Waals surface area (Å²) >= 11 is 0. The van der Waals surface area contributed by atoms with Gasteiger partial charge >= 0.3 is 0 Å². The molecule has 1 heterocycles. The Kier molecular flexibility index (Phi) is 4.03. The van der Waals surface area contributed by atoms with E-state index in [0.29, 0.717) is 12.5 Å². The highest BCUT2D eigenvalue weighted by Gasteiger charge is 2.03. The van der Waals surface area contributed by atoms with Gasteiger partial charge in [-0.2, -0.15) is 5.10 Å². The Balaban J connectivity index is 2.73. The van der Waals surface area contributed by atoms with E-state index in [1.807, 2.05) is 13.0 Å². The van der Waals surface area contributed by atoms with Gasteiger partial charge < -0.3 is 5.32 Å². The average molecular weight is 209 g/mol. The molecule has 0 saturated carbocycles. The van der Waals surface area contributed by atoms with Crippen LogP contribution in [0.3, 0.4) is 0 Å². The molecule has 0 saturated heterocycles. The van der Waals surface area contributed by atoms with E-state index in [1.54, 1.807) is 7.05 Å². The van der Waals surface area contributed by atoms with E-state index in [4.69, 9.17) is 0 Å². The largest absolute Gasteiger partial charge is 0.312 e. The van der Waals surface area contributed by atoms with Crippen molar-refractivity contribution in [3.63, 3.8) is 0 Å². The molecule has 0 spiro atoms. The summed E-state index contributed by atoms with van der Waals surface area (Å²) in [6, 6.07) is 1.84. The molecule has 1 N–H and O–H groups in total. The Morgan fingerprint density at radius 2 is 2.20 bits per heavy atom. The molecule has 0 aliphatic heterocycles. The van der Waals surface area contributed by atoms with Crippen LogP contribution in [0.25, 0.3) is 0 Å². The van der Waals surface area contributed by atoms with Crippen molar-refractivity contribution in [1.82, 2.24) is 15.1 Å². The zero-order valence-corrected chi connectivity index (χ0v) is 9.87. The summed E-state index contributed by atoms with van der Waals surface area (Å²) in [5.41, 5.74) is 1.64. The minimum atomic E-state index is -0.0168. The molecule has 4 nitrogen and oxygen atoms in total. The number of rotatable bonds is 4. The summed E-state index contributed by atoms with van der Waals surface area (Å²) in [7, 11) is 1.68. The predicted octanol–water partition coefficient (Wildman–Crippen LogP) is 0.834. The van der Waals surface area contributed by atoms with Gasteiger partial charge in [0.05, 0.1) is 5.69 Å². The van der Waals surface area contributed by atoms with E-state index in [-0.39, 0.29) is 5.56 Å². The van der Waals surface area contributed by atoms with Crippen molar-refractivity contribution in [2.24, 2.45) is 13.0 Å². The Bertz CT molecular complexity index is 382. The molecule has 4 heteroatoms. The lowest BCUT2D eigenvalue weighted by atomic mass is 10.2. The lowest BCUT2D eigenvalue weighted by Gasteiger charge is -2.08. The van der Waals surface area contributed by atoms with Gasteiger partial charge in [-0.05, 0) is 25.5 Å². The molecular formula is C11H19N3O. The van der Waals surface area contributed by atoms with Crippen LogP contribution in [0, 0.1) is 12.8 Å². The molecule has 15 heavy (non-hydrogen) atoms. The fourth-order valence-corrected chi connectivity index (χ4v) is 1.45. The van der Waals surface area contributed by atoms with Crippen LogP contribution in [0.1, 0.15) is 25.1 Å². The van der Waals surface area contributed by atoms with Crippen LogP contribution in [0.2, 0.25) is 0 Å². The SMILES string of the molecule is Cc1cc(CNCC(C)C)c(=O)n(C)n1. The lowest BCUT2D eigenvalue weighted by molar-refractivity contribution is 0.546. The number of nitrogens with one attached hydrogen (secondary N) is 1. The average Bonchev–Trinajstić information content (AvgIpc) is 2.12. The minimum absolute atomic E-state index is 0.0168. The van der Waals surface area contributed by atoms with Gasteiger partial charge in [0.2, 0.25) is 0 Å². The monoisotopic (exact) mass is 209 g/mol. The molecule has 1 rings (SSSR count). The summed E-state index contributed by atoms with van der Waals surface area (Å²) in [6.45, 7) is 7.72. The molecule has 1 aromatic heterocycles. The maximum Gasteiger partial charge on any atom is 0.270 e. The third-order valence-electron chi connectivity index (χ3n) is 2.13. The maximum absolute atomic E-state index is 11.7. The van der Waals surface area contributed by atoms with Crippen LogP contribution in [0.4, 0.5) is 0 Å². The van der Waals surface area contributed by atoms with E-state index in [0.717, 1.165) is 17.8 Å². The van der Waals surface area contributed by atoms with Crippen LogP contribution in [0.5, 0.6) is 0 Å². The maximum atomic E-state index is 11.7. The molecule has 1 aromatic rings. The van der Waals surface area contributed by atoms with Gasteiger partial charge in [-0.1, -0.05) is 13.8 Å². The molecule has 84 valence electrons. The van der Waals surface area contributed by atoms with Gasteiger partial charge in [0.1, 0.15) is 0 Å². The molecule has 0 aliphatic rings. The summed E-state index contributed by atoms with van der Waals surface area (Å²) < 4.78 is 1.39. The van der Waals surface area contributed by atoms with Crippen LogP contribution in [-0.4, -0.2) is 16.3 Å². The second-order valence-electron chi connectivity index (χ2n) is 4.26. The fourth-order valence-electron chi connectivity index (χ4n) is 1.45. The first-order chi connectivity index (χ1) is 7.00. The summed E-state index contributed by atoms with van der Waals surface area (Å²) in [5, 5.41) is 7.31. The van der Waals surface area contributed by atoms with Crippen molar-refractivity contribution in [2.75, 3.05) is 6.54 Å². The quantitative estimate of drug-likeness (QED) is 0.799. The molecule has 0 atom stereocenters. The highest BCUT2D eigenvalue weighted by molar-refractivity contribution is 5.12. The first-order valence-corrected chi connectivity index (χ1v) is 5.25. The van der Waals surface area contributed by atoms with Gasteiger partial charge in [-0.15, -0.1) is 0 Å². The third kappa shape index (κ3) is 3.47. The molecule has 0 aliphatic carbocycles. The van der Waals surface area contributed by atoms with Crippen LogP contribution in [-0.2, 0) is 13.6 Å². The molecule has 0 fully saturated rings. The normalized spacial score (nSPS) is 11.0. The second-order valence-corrected chi connectivity index (χ2v) is 4.26. The van der Waals surface area contributed by atoms with E-state index in [2.05, 4.69) is 24.3 Å². The Morgan fingerprint density at radius 3 is 2.80 bits per heavy atom. The van der Waals surface area contributed by atoms with Gasteiger partial charge in [-0.3, -0.25) is 4.79 Å². The number of hydrogen-bond acceptors (Lipinski definition) is 3. The van der Waals surface area contributed by atoms with Crippen molar-refractivity contribution >= 4 is 0 Å².